The third-order valence-corrected chi connectivity index (χ3v) is 2.20. The minimum absolute atomic E-state index is 0.232. The molecule has 62 valence electrons. The number of nitrogens with zero attached hydrogens (tertiary/aromatic N) is 2. The Hall–Kier alpha value is -1.56. The van der Waals surface area contributed by atoms with Gasteiger partial charge in [0.15, 0.2) is 5.82 Å². The van der Waals surface area contributed by atoms with Crippen molar-refractivity contribution in [2.45, 2.75) is 0 Å². The number of nitrogens with one attached hydrogen (secondary N) is 1. The third-order valence-electron chi connectivity index (χ3n) is 1.45. The summed E-state index contributed by atoms with van der Waals surface area (Å²) >= 11 is 1.46. The zero-order valence-corrected chi connectivity index (χ0v) is 6.93. The first-order chi connectivity index (χ1) is 5.77. The van der Waals surface area contributed by atoms with Crippen LogP contribution in [-0.4, -0.2) is 15.2 Å². The van der Waals surface area contributed by atoms with E-state index in [1.165, 1.54) is 11.3 Å². The molecule has 0 radical (unpaired) electrons. The van der Waals surface area contributed by atoms with Crippen LogP contribution in [0, 0.1) is 0 Å². The van der Waals surface area contributed by atoms with Crippen molar-refractivity contribution in [2.24, 2.45) is 0 Å². The van der Waals surface area contributed by atoms with Crippen LogP contribution in [0.3, 0.4) is 0 Å². The van der Waals surface area contributed by atoms with Crippen molar-refractivity contribution in [3.63, 3.8) is 0 Å². The summed E-state index contributed by atoms with van der Waals surface area (Å²) in [6.45, 7) is 0. The molecule has 0 saturated heterocycles. The lowest BCUT2D eigenvalue weighted by molar-refractivity contribution is 1.10. The van der Waals surface area contributed by atoms with Crippen LogP contribution in [0.2, 0.25) is 0 Å². The highest BCUT2D eigenvalue weighted by Crippen LogP contribution is 2.27. The number of anilines is 2. The smallest absolute Gasteiger partial charge is 0.239 e. The Morgan fingerprint density at radius 2 is 2.25 bits per heavy atom. The number of nitrogen functional groups attached to an aromatic ring is 2. The van der Waals surface area contributed by atoms with Crippen molar-refractivity contribution in [3.05, 3.63) is 11.4 Å². The predicted octanol–water partition coefficient (Wildman–Crippen LogP) is 0.698. The highest BCUT2D eigenvalue weighted by molar-refractivity contribution is 7.14. The fourth-order valence-electron chi connectivity index (χ4n) is 0.912. The normalized spacial score (nSPS) is 10.3. The van der Waals surface area contributed by atoms with E-state index < -0.39 is 0 Å². The molecular formula is C6H7N5S. The Morgan fingerprint density at radius 1 is 1.42 bits per heavy atom. The second kappa shape index (κ2) is 2.49. The van der Waals surface area contributed by atoms with E-state index in [1.54, 1.807) is 0 Å². The minimum atomic E-state index is 0.232. The molecule has 0 aliphatic carbocycles. The number of thiophene rings is 1. The summed E-state index contributed by atoms with van der Waals surface area (Å²) in [4.78, 5) is 3.95. The standard InChI is InChI=1S/C6H7N5S/c7-4-3(1-2-12-4)5-9-6(8)11-10-5/h1-2H,7H2,(H3,8,9,10,11). The van der Waals surface area contributed by atoms with Gasteiger partial charge >= 0.3 is 0 Å². The Kier molecular flexibility index (Phi) is 1.47. The van der Waals surface area contributed by atoms with Gasteiger partial charge in [0.2, 0.25) is 5.95 Å². The highest BCUT2D eigenvalue weighted by Gasteiger charge is 2.07. The monoisotopic (exact) mass is 181 g/mol. The second-order valence-corrected chi connectivity index (χ2v) is 3.19. The Bertz CT molecular complexity index is 390. The Balaban J connectivity index is 2.50. The van der Waals surface area contributed by atoms with Gasteiger partial charge in [0.05, 0.1) is 10.6 Å². The van der Waals surface area contributed by atoms with Crippen LogP contribution in [0.15, 0.2) is 11.4 Å². The van der Waals surface area contributed by atoms with Gasteiger partial charge in [-0.25, -0.2) is 0 Å². The maximum Gasteiger partial charge on any atom is 0.239 e. The van der Waals surface area contributed by atoms with Crippen molar-refractivity contribution in [2.75, 3.05) is 11.5 Å². The van der Waals surface area contributed by atoms with Gasteiger partial charge in [0.25, 0.3) is 0 Å². The SMILES string of the molecule is Nc1n[nH]c(-c2ccsc2N)n1. The molecule has 12 heavy (non-hydrogen) atoms. The van der Waals surface area contributed by atoms with E-state index in [0.717, 1.165) is 5.56 Å². The molecule has 0 amide bonds. The van der Waals surface area contributed by atoms with Gasteiger partial charge in [-0.1, -0.05) is 0 Å². The minimum Gasteiger partial charge on any atom is -0.390 e. The van der Waals surface area contributed by atoms with Crippen LogP contribution in [0.1, 0.15) is 0 Å². The average molecular weight is 181 g/mol. The quantitative estimate of drug-likeness (QED) is 0.603. The summed E-state index contributed by atoms with van der Waals surface area (Å²) in [5.74, 6) is 0.849. The van der Waals surface area contributed by atoms with Crippen LogP contribution in [0.25, 0.3) is 11.4 Å². The van der Waals surface area contributed by atoms with Gasteiger partial charge < -0.3 is 11.5 Å². The molecule has 2 heterocycles. The van der Waals surface area contributed by atoms with Gasteiger partial charge in [0.1, 0.15) is 0 Å². The van der Waals surface area contributed by atoms with Gasteiger partial charge in [-0.2, -0.15) is 4.98 Å². The third kappa shape index (κ3) is 1.02. The summed E-state index contributed by atoms with van der Waals surface area (Å²) in [7, 11) is 0. The van der Waals surface area contributed by atoms with E-state index in [2.05, 4.69) is 15.2 Å². The summed E-state index contributed by atoms with van der Waals surface area (Å²) in [5, 5.41) is 9.00. The maximum atomic E-state index is 5.67. The molecule has 0 aromatic carbocycles. The fourth-order valence-corrected chi connectivity index (χ4v) is 1.55. The van der Waals surface area contributed by atoms with Crippen LogP contribution >= 0.6 is 11.3 Å². The van der Waals surface area contributed by atoms with Crippen LogP contribution < -0.4 is 11.5 Å². The zero-order chi connectivity index (χ0) is 8.55. The van der Waals surface area contributed by atoms with Gasteiger partial charge in [-0.3, -0.25) is 5.10 Å². The number of H-pyrrole nitrogens is 1. The van der Waals surface area contributed by atoms with Crippen molar-refractivity contribution < 1.29 is 0 Å². The number of aromatic nitrogens is 3. The lowest BCUT2D eigenvalue weighted by atomic mass is 10.3. The molecule has 0 unspecified atom stereocenters. The van der Waals surface area contributed by atoms with Crippen molar-refractivity contribution in [1.82, 2.24) is 15.2 Å². The molecule has 6 heteroatoms. The lowest BCUT2D eigenvalue weighted by Gasteiger charge is -1.90. The lowest BCUT2D eigenvalue weighted by Crippen LogP contribution is -1.86. The first-order valence-electron chi connectivity index (χ1n) is 3.28. The van der Waals surface area contributed by atoms with Gasteiger partial charge in [-0.15, -0.1) is 16.4 Å². The molecule has 0 fully saturated rings. The van der Waals surface area contributed by atoms with E-state index in [1.807, 2.05) is 11.4 Å². The van der Waals surface area contributed by atoms with E-state index in [9.17, 15) is 0 Å². The summed E-state index contributed by atoms with van der Waals surface area (Å²) in [6, 6.07) is 1.87. The highest BCUT2D eigenvalue weighted by atomic mass is 32.1. The zero-order valence-electron chi connectivity index (χ0n) is 6.11. The molecule has 0 aliphatic heterocycles. The van der Waals surface area contributed by atoms with E-state index >= 15 is 0 Å². The number of aromatic amines is 1. The second-order valence-electron chi connectivity index (χ2n) is 2.24. The first kappa shape index (κ1) is 7.11. The summed E-state index contributed by atoms with van der Waals surface area (Å²) in [5.41, 5.74) is 11.9. The van der Waals surface area contributed by atoms with Gasteiger partial charge in [-0.05, 0) is 11.4 Å². The molecule has 2 aromatic heterocycles. The van der Waals surface area contributed by atoms with Gasteiger partial charge in [0, 0.05) is 0 Å². The molecule has 0 atom stereocenters. The number of rotatable bonds is 1. The predicted molar refractivity (Wildman–Crippen MR) is 48.5 cm³/mol. The number of hydrogen-bond acceptors (Lipinski definition) is 5. The fraction of sp³-hybridized carbons (Fsp3) is 0. The van der Waals surface area contributed by atoms with Crippen molar-refractivity contribution >= 4 is 22.3 Å². The number of hydrogen-bond donors (Lipinski definition) is 3. The molecule has 2 aromatic rings. The Morgan fingerprint density at radius 3 is 2.75 bits per heavy atom. The summed E-state index contributed by atoms with van der Waals surface area (Å²) in [6.07, 6.45) is 0. The van der Waals surface area contributed by atoms with E-state index in [4.69, 9.17) is 11.5 Å². The van der Waals surface area contributed by atoms with Crippen LogP contribution in [-0.2, 0) is 0 Å². The topological polar surface area (TPSA) is 93.6 Å². The van der Waals surface area contributed by atoms with Crippen LogP contribution in [0.5, 0.6) is 0 Å². The van der Waals surface area contributed by atoms with Crippen LogP contribution in [0.4, 0.5) is 10.9 Å². The summed E-state index contributed by atoms with van der Waals surface area (Å²) < 4.78 is 0. The van der Waals surface area contributed by atoms with Crippen molar-refractivity contribution in [3.8, 4) is 11.4 Å². The molecule has 0 aliphatic rings. The Labute approximate surface area is 72.4 Å². The van der Waals surface area contributed by atoms with Crippen molar-refractivity contribution in [1.29, 1.82) is 0 Å². The number of nitrogens with two attached hydrogens (primary N) is 2. The molecule has 5 N–H and O–H groups in total. The molecule has 0 spiro atoms. The molecule has 0 saturated carbocycles. The largest absolute Gasteiger partial charge is 0.390 e. The first-order valence-corrected chi connectivity index (χ1v) is 4.16. The molecular weight excluding hydrogens is 174 g/mol. The molecule has 5 nitrogen and oxygen atoms in total. The molecule has 0 bridgehead atoms. The van der Waals surface area contributed by atoms with E-state index in [0.29, 0.717) is 10.8 Å². The maximum absolute atomic E-state index is 5.67. The molecule has 2 rings (SSSR count). The van der Waals surface area contributed by atoms with E-state index in [-0.39, 0.29) is 5.95 Å². The average Bonchev–Trinajstić information content (AvgIpc) is 2.58.